The number of carbonyl (C=O) groups is 2. The number of carboxylic acids is 1. The molecule has 0 fully saturated rings. The smallest absolute Gasteiger partial charge is 0.345 e. The third-order valence-corrected chi connectivity index (χ3v) is 4.48. The minimum atomic E-state index is -0.919. The number of hydrogen-bond donors (Lipinski definition) is 1. The van der Waals surface area contributed by atoms with Crippen LogP contribution in [-0.4, -0.2) is 21.4 Å². The third kappa shape index (κ3) is 1.66. The van der Waals surface area contributed by atoms with E-state index in [-0.39, 0.29) is 5.78 Å². The molecule has 0 aliphatic rings. The maximum absolute atomic E-state index is 11.4. The van der Waals surface area contributed by atoms with Crippen LogP contribution in [0.25, 0.3) is 21.1 Å². The second kappa shape index (κ2) is 3.93. The van der Waals surface area contributed by atoms with E-state index in [1.54, 1.807) is 12.1 Å². The van der Waals surface area contributed by atoms with Crippen LogP contribution in [0, 0.1) is 0 Å². The zero-order chi connectivity index (χ0) is 13.7. The van der Waals surface area contributed by atoms with Crippen molar-refractivity contribution in [2.75, 3.05) is 0 Å². The Kier molecular flexibility index (Phi) is 2.46. The predicted molar refractivity (Wildman–Crippen MR) is 75.3 cm³/mol. The summed E-state index contributed by atoms with van der Waals surface area (Å²) < 4.78 is 1.96. The minimum Gasteiger partial charge on any atom is -0.477 e. The molecule has 0 spiro atoms. The normalized spacial score (nSPS) is 11.3. The number of nitrogens with zero attached hydrogens (tertiary/aromatic N) is 1. The average molecular weight is 273 g/mol. The highest BCUT2D eigenvalue weighted by Crippen LogP contribution is 2.34. The third-order valence-electron chi connectivity index (χ3n) is 3.28. The second-order valence-corrected chi connectivity index (χ2v) is 5.51. The molecular formula is C14H11NO3S. The molecule has 1 N–H and O–H groups in total. The molecule has 5 heteroatoms. The maximum Gasteiger partial charge on any atom is 0.345 e. The van der Waals surface area contributed by atoms with Gasteiger partial charge in [0.25, 0.3) is 0 Å². The van der Waals surface area contributed by atoms with Crippen molar-refractivity contribution in [1.82, 2.24) is 4.57 Å². The van der Waals surface area contributed by atoms with E-state index in [1.165, 1.54) is 18.3 Å². The molecular weight excluding hydrogens is 262 g/mol. The van der Waals surface area contributed by atoms with E-state index in [0.717, 1.165) is 21.1 Å². The Morgan fingerprint density at radius 3 is 2.58 bits per heavy atom. The van der Waals surface area contributed by atoms with E-state index in [2.05, 4.69) is 0 Å². The topological polar surface area (TPSA) is 59.3 Å². The number of benzene rings is 1. The average Bonchev–Trinajstić information content (AvgIpc) is 2.90. The van der Waals surface area contributed by atoms with Gasteiger partial charge in [0, 0.05) is 28.9 Å². The van der Waals surface area contributed by atoms with Crippen LogP contribution >= 0.6 is 11.3 Å². The van der Waals surface area contributed by atoms with Gasteiger partial charge in [0.1, 0.15) is 9.71 Å². The summed E-state index contributed by atoms with van der Waals surface area (Å²) in [6, 6.07) is 7.21. The van der Waals surface area contributed by atoms with E-state index in [9.17, 15) is 9.59 Å². The zero-order valence-corrected chi connectivity index (χ0v) is 11.2. The Labute approximate surface area is 112 Å². The molecule has 0 amide bonds. The fourth-order valence-corrected chi connectivity index (χ4v) is 3.29. The summed E-state index contributed by atoms with van der Waals surface area (Å²) in [4.78, 5) is 23.7. The number of Topliss-reactive ketones (excluding diaryl/α,β-unsaturated/α-hetero) is 1. The Hall–Kier alpha value is -2.14. The minimum absolute atomic E-state index is 0.00703. The van der Waals surface area contributed by atoms with Crippen LogP contribution < -0.4 is 0 Å². The lowest BCUT2D eigenvalue weighted by Crippen LogP contribution is -1.92. The van der Waals surface area contributed by atoms with Gasteiger partial charge in [0.15, 0.2) is 5.78 Å². The van der Waals surface area contributed by atoms with Gasteiger partial charge in [0.05, 0.1) is 0 Å². The van der Waals surface area contributed by atoms with Gasteiger partial charge in [-0.1, -0.05) is 0 Å². The molecule has 0 saturated carbocycles. The van der Waals surface area contributed by atoms with Gasteiger partial charge in [-0.05, 0) is 31.2 Å². The Morgan fingerprint density at radius 1 is 1.21 bits per heavy atom. The van der Waals surface area contributed by atoms with Gasteiger partial charge in [-0.15, -0.1) is 11.3 Å². The highest BCUT2D eigenvalue weighted by molar-refractivity contribution is 7.20. The van der Waals surface area contributed by atoms with E-state index in [0.29, 0.717) is 10.4 Å². The number of rotatable bonds is 2. The van der Waals surface area contributed by atoms with Crippen molar-refractivity contribution >= 4 is 44.2 Å². The lowest BCUT2D eigenvalue weighted by atomic mass is 10.1. The summed E-state index contributed by atoms with van der Waals surface area (Å²) in [5.41, 5.74) is 1.64. The first-order chi connectivity index (χ1) is 8.99. The van der Waals surface area contributed by atoms with E-state index in [1.807, 2.05) is 23.7 Å². The van der Waals surface area contributed by atoms with Crippen LogP contribution in [0.4, 0.5) is 0 Å². The molecule has 1 aromatic carbocycles. The maximum atomic E-state index is 11.4. The first kappa shape index (κ1) is 11.9. The van der Waals surface area contributed by atoms with E-state index in [4.69, 9.17) is 5.11 Å². The Bertz CT molecular complexity index is 841. The Morgan fingerprint density at radius 2 is 1.95 bits per heavy atom. The van der Waals surface area contributed by atoms with Gasteiger partial charge in [-0.2, -0.15) is 0 Å². The highest BCUT2D eigenvalue weighted by Gasteiger charge is 2.16. The number of aryl methyl sites for hydroxylation is 1. The molecule has 19 heavy (non-hydrogen) atoms. The molecule has 2 heterocycles. The quantitative estimate of drug-likeness (QED) is 0.729. The predicted octanol–water partition coefficient (Wildman–Crippen LogP) is 3.29. The first-order valence-corrected chi connectivity index (χ1v) is 6.57. The van der Waals surface area contributed by atoms with Crippen LogP contribution in [0.2, 0.25) is 0 Å². The molecule has 2 aromatic heterocycles. The lowest BCUT2D eigenvalue weighted by Gasteiger charge is -1.99. The van der Waals surface area contributed by atoms with Crippen LogP contribution in [-0.2, 0) is 7.05 Å². The van der Waals surface area contributed by atoms with Crippen LogP contribution in [0.15, 0.2) is 24.3 Å². The molecule has 0 aliphatic carbocycles. The Balaban J connectivity index is 2.41. The van der Waals surface area contributed by atoms with Crippen molar-refractivity contribution in [3.8, 4) is 0 Å². The molecule has 0 unspecified atom stereocenters. The van der Waals surface area contributed by atoms with Crippen molar-refractivity contribution < 1.29 is 14.7 Å². The summed E-state index contributed by atoms with van der Waals surface area (Å²) in [6.07, 6.45) is 0. The zero-order valence-electron chi connectivity index (χ0n) is 10.4. The van der Waals surface area contributed by atoms with Gasteiger partial charge >= 0.3 is 5.97 Å². The van der Waals surface area contributed by atoms with Crippen molar-refractivity contribution in [2.24, 2.45) is 7.05 Å². The molecule has 0 atom stereocenters. The van der Waals surface area contributed by atoms with Crippen molar-refractivity contribution in [2.45, 2.75) is 6.92 Å². The standard InChI is InChI=1S/C14H11NO3S/c1-7(16)8-3-4-11-9(5-8)10-6-12(14(17)18)19-13(10)15(11)2/h3-6H,1-2H3,(H,17,18). The number of thiophene rings is 1. The van der Waals surface area contributed by atoms with Gasteiger partial charge in [-0.3, -0.25) is 4.79 Å². The second-order valence-electron chi connectivity index (χ2n) is 4.48. The summed E-state index contributed by atoms with van der Waals surface area (Å²) in [6.45, 7) is 1.53. The molecule has 3 aromatic rings. The van der Waals surface area contributed by atoms with Gasteiger partial charge in [-0.25, -0.2) is 4.79 Å². The number of hydrogen-bond acceptors (Lipinski definition) is 3. The number of fused-ring (bicyclic) bond motifs is 3. The largest absolute Gasteiger partial charge is 0.477 e. The summed E-state index contributed by atoms with van der Waals surface area (Å²) >= 11 is 1.25. The van der Waals surface area contributed by atoms with Crippen LogP contribution in [0.3, 0.4) is 0 Å². The fourth-order valence-electron chi connectivity index (χ4n) is 2.30. The van der Waals surface area contributed by atoms with E-state index < -0.39 is 5.97 Å². The number of carboxylic acid groups (broad SMARTS) is 1. The fraction of sp³-hybridized carbons (Fsp3) is 0.143. The summed E-state index contributed by atoms with van der Waals surface area (Å²) in [5, 5.41) is 10.9. The SMILES string of the molecule is CC(=O)c1ccc2c(c1)c1cc(C(=O)O)sc1n2C. The molecule has 0 saturated heterocycles. The van der Waals surface area contributed by atoms with Crippen molar-refractivity contribution in [1.29, 1.82) is 0 Å². The molecule has 0 radical (unpaired) electrons. The van der Waals surface area contributed by atoms with Gasteiger partial charge in [0.2, 0.25) is 0 Å². The highest BCUT2D eigenvalue weighted by atomic mass is 32.1. The number of ketones is 1. The van der Waals surface area contributed by atoms with E-state index >= 15 is 0 Å². The molecule has 3 rings (SSSR count). The number of carbonyl (C=O) groups excluding carboxylic acids is 1. The van der Waals surface area contributed by atoms with Gasteiger partial charge < -0.3 is 9.67 Å². The first-order valence-electron chi connectivity index (χ1n) is 5.75. The molecule has 4 nitrogen and oxygen atoms in total. The van der Waals surface area contributed by atoms with Crippen molar-refractivity contribution in [3.05, 3.63) is 34.7 Å². The molecule has 0 bridgehead atoms. The van der Waals surface area contributed by atoms with Crippen molar-refractivity contribution in [3.63, 3.8) is 0 Å². The molecule has 0 aliphatic heterocycles. The van der Waals surface area contributed by atoms with Crippen LogP contribution in [0.5, 0.6) is 0 Å². The van der Waals surface area contributed by atoms with Crippen LogP contribution in [0.1, 0.15) is 27.0 Å². The number of aromatic nitrogens is 1. The molecule has 96 valence electrons. The lowest BCUT2D eigenvalue weighted by molar-refractivity contribution is 0.0702. The summed E-state index contributed by atoms with van der Waals surface area (Å²) in [5.74, 6) is -0.912. The monoisotopic (exact) mass is 273 g/mol. The number of aromatic carboxylic acids is 1. The summed E-state index contributed by atoms with van der Waals surface area (Å²) in [7, 11) is 1.90.